The second-order valence-corrected chi connectivity index (χ2v) is 2.77. The van der Waals surface area contributed by atoms with E-state index in [1.807, 2.05) is 5.48 Å². The highest BCUT2D eigenvalue weighted by molar-refractivity contribution is 5.95. The first-order valence-corrected chi connectivity index (χ1v) is 4.31. The molecule has 0 aliphatic rings. The van der Waals surface area contributed by atoms with E-state index in [1.165, 1.54) is 0 Å². The second-order valence-electron chi connectivity index (χ2n) is 2.77. The van der Waals surface area contributed by atoms with Gasteiger partial charge in [-0.05, 0) is 12.1 Å². The highest BCUT2D eigenvalue weighted by Crippen LogP contribution is 1.99. The van der Waals surface area contributed by atoms with Gasteiger partial charge in [0.05, 0.1) is 5.56 Å². The number of nitrogens with two attached hydrogens (primary N) is 1. The molecule has 16 heavy (non-hydrogen) atoms. The van der Waals surface area contributed by atoms with Crippen LogP contribution in [0.5, 0.6) is 0 Å². The Bertz CT molecular complexity index is 404. The maximum Gasteiger partial charge on any atom is 0.362 e. The molecule has 0 aromatic heterocycles. The fourth-order valence-electron chi connectivity index (χ4n) is 0.891. The minimum atomic E-state index is -0.629. The van der Waals surface area contributed by atoms with Crippen LogP contribution in [0, 0.1) is 10.8 Å². The first-order chi connectivity index (χ1) is 7.59. The van der Waals surface area contributed by atoms with Gasteiger partial charge in [-0.15, -0.1) is 0 Å². The molecule has 1 aromatic rings. The van der Waals surface area contributed by atoms with Gasteiger partial charge < -0.3 is 10.6 Å². The van der Waals surface area contributed by atoms with Crippen molar-refractivity contribution in [3.05, 3.63) is 35.9 Å². The van der Waals surface area contributed by atoms with E-state index >= 15 is 0 Å². The van der Waals surface area contributed by atoms with E-state index in [-0.39, 0.29) is 0 Å². The molecular formula is C9H11N5O2. The Kier molecular flexibility index (Phi) is 3.84. The summed E-state index contributed by atoms with van der Waals surface area (Å²) in [7, 11) is 0. The van der Waals surface area contributed by atoms with Crippen molar-refractivity contribution in [2.75, 3.05) is 0 Å². The third-order valence-electron chi connectivity index (χ3n) is 1.51. The number of hydrogen-bond donors (Lipinski definition) is 5. The molecular weight excluding hydrogens is 210 g/mol. The average molecular weight is 221 g/mol. The fraction of sp³-hybridized carbons (Fsp3) is 0. The van der Waals surface area contributed by atoms with Gasteiger partial charge in [0, 0.05) is 0 Å². The van der Waals surface area contributed by atoms with Crippen LogP contribution in [0.4, 0.5) is 0 Å². The van der Waals surface area contributed by atoms with Crippen LogP contribution in [0.2, 0.25) is 0 Å². The Hall–Kier alpha value is -2.57. The van der Waals surface area contributed by atoms with Gasteiger partial charge in [0.15, 0.2) is 5.96 Å². The lowest BCUT2D eigenvalue weighted by Crippen LogP contribution is -2.44. The van der Waals surface area contributed by atoms with Gasteiger partial charge in [0.1, 0.15) is 0 Å². The van der Waals surface area contributed by atoms with Crippen LogP contribution in [-0.4, -0.2) is 17.9 Å². The summed E-state index contributed by atoms with van der Waals surface area (Å²) in [6, 6.07) is 8.30. The summed E-state index contributed by atoms with van der Waals surface area (Å²) in [6.07, 6.45) is 0. The van der Waals surface area contributed by atoms with Crippen LogP contribution in [0.3, 0.4) is 0 Å². The Morgan fingerprint density at radius 1 is 1.25 bits per heavy atom. The third-order valence-corrected chi connectivity index (χ3v) is 1.51. The molecule has 0 saturated heterocycles. The predicted octanol–water partition coefficient (Wildman–Crippen LogP) is -0.234. The van der Waals surface area contributed by atoms with Crippen LogP contribution in [0.15, 0.2) is 30.3 Å². The standard InChI is InChI=1S/C9H11N5O2/c10-8(11)13-9(12)14-16-7(15)6-4-2-1-3-5-6/h1-5H,(H6,10,11,12,13,14). The number of carbonyl (C=O) groups is 1. The molecule has 0 unspecified atom stereocenters. The summed E-state index contributed by atoms with van der Waals surface area (Å²) in [5, 5.41) is 16.1. The predicted molar refractivity (Wildman–Crippen MR) is 57.8 cm³/mol. The Morgan fingerprint density at radius 2 is 1.88 bits per heavy atom. The van der Waals surface area contributed by atoms with Gasteiger partial charge in [0.25, 0.3) is 0 Å². The number of benzene rings is 1. The Labute approximate surface area is 91.6 Å². The van der Waals surface area contributed by atoms with E-state index in [2.05, 4.69) is 10.2 Å². The smallest absolute Gasteiger partial charge is 0.362 e. The van der Waals surface area contributed by atoms with Crippen LogP contribution < -0.4 is 16.5 Å². The van der Waals surface area contributed by atoms with E-state index in [0.29, 0.717) is 5.56 Å². The van der Waals surface area contributed by atoms with Gasteiger partial charge in [-0.2, -0.15) is 5.48 Å². The van der Waals surface area contributed by atoms with Crippen LogP contribution in [-0.2, 0) is 4.84 Å². The van der Waals surface area contributed by atoms with Gasteiger partial charge in [-0.25, -0.2) is 4.79 Å². The molecule has 0 aliphatic carbocycles. The maximum atomic E-state index is 11.3. The minimum Gasteiger partial charge on any atom is -0.370 e. The van der Waals surface area contributed by atoms with Gasteiger partial charge >= 0.3 is 5.97 Å². The number of hydrogen-bond acceptors (Lipinski definition) is 4. The number of hydroxylamine groups is 1. The monoisotopic (exact) mass is 221 g/mol. The molecule has 0 heterocycles. The first kappa shape index (κ1) is 11.5. The topological polar surface area (TPSA) is 124 Å². The molecule has 0 spiro atoms. The molecule has 6 N–H and O–H groups in total. The quantitative estimate of drug-likeness (QED) is 0.254. The highest BCUT2D eigenvalue weighted by Gasteiger charge is 2.07. The van der Waals surface area contributed by atoms with E-state index in [0.717, 1.165) is 0 Å². The molecule has 0 amide bonds. The highest BCUT2D eigenvalue weighted by atomic mass is 16.7. The molecule has 7 heteroatoms. The summed E-state index contributed by atoms with van der Waals surface area (Å²) in [5.74, 6) is -1.44. The third kappa shape index (κ3) is 3.66. The van der Waals surface area contributed by atoms with Gasteiger partial charge in [-0.3, -0.25) is 16.1 Å². The van der Waals surface area contributed by atoms with Crippen molar-refractivity contribution >= 4 is 17.9 Å². The van der Waals surface area contributed by atoms with E-state index in [1.54, 1.807) is 30.3 Å². The minimum absolute atomic E-state index is 0.352. The lowest BCUT2D eigenvalue weighted by Gasteiger charge is -2.08. The van der Waals surface area contributed by atoms with Gasteiger partial charge in [-0.1, -0.05) is 18.2 Å². The summed E-state index contributed by atoms with van der Waals surface area (Å²) in [6.45, 7) is 0. The van der Waals surface area contributed by atoms with Crippen molar-refractivity contribution in [2.45, 2.75) is 0 Å². The van der Waals surface area contributed by atoms with Crippen molar-refractivity contribution < 1.29 is 9.63 Å². The van der Waals surface area contributed by atoms with Crippen molar-refractivity contribution in [1.82, 2.24) is 10.8 Å². The molecule has 1 aromatic carbocycles. The SMILES string of the molecule is N=C(N)NC(=N)NOC(=O)c1ccccc1. The fourth-order valence-corrected chi connectivity index (χ4v) is 0.891. The van der Waals surface area contributed by atoms with Crippen molar-refractivity contribution in [3.63, 3.8) is 0 Å². The molecule has 0 bridgehead atoms. The van der Waals surface area contributed by atoms with E-state index < -0.39 is 17.9 Å². The summed E-state index contributed by atoms with van der Waals surface area (Å²) >= 11 is 0. The zero-order valence-corrected chi connectivity index (χ0v) is 8.28. The number of carbonyl (C=O) groups excluding carboxylic acids is 1. The lowest BCUT2D eigenvalue weighted by atomic mass is 10.2. The van der Waals surface area contributed by atoms with E-state index in [4.69, 9.17) is 16.6 Å². The Morgan fingerprint density at radius 3 is 2.44 bits per heavy atom. The largest absolute Gasteiger partial charge is 0.370 e. The first-order valence-electron chi connectivity index (χ1n) is 4.31. The summed E-state index contributed by atoms with van der Waals surface area (Å²) in [5.41, 5.74) is 7.33. The van der Waals surface area contributed by atoms with Crippen LogP contribution >= 0.6 is 0 Å². The summed E-state index contributed by atoms with van der Waals surface area (Å²) in [4.78, 5) is 15.9. The number of guanidine groups is 2. The zero-order chi connectivity index (χ0) is 12.0. The molecule has 0 fully saturated rings. The van der Waals surface area contributed by atoms with E-state index in [9.17, 15) is 4.79 Å². The normalized spacial score (nSPS) is 9.00. The lowest BCUT2D eigenvalue weighted by molar-refractivity contribution is 0.0380. The molecule has 84 valence electrons. The summed E-state index contributed by atoms with van der Waals surface area (Å²) < 4.78 is 0. The molecule has 0 radical (unpaired) electrons. The number of rotatable bonds is 1. The second kappa shape index (κ2) is 5.35. The Balaban J connectivity index is 2.42. The van der Waals surface area contributed by atoms with Crippen molar-refractivity contribution in [1.29, 1.82) is 10.8 Å². The molecule has 1 rings (SSSR count). The molecule has 0 aliphatic heterocycles. The maximum absolute atomic E-state index is 11.3. The molecule has 0 saturated carbocycles. The van der Waals surface area contributed by atoms with Crippen molar-refractivity contribution in [3.8, 4) is 0 Å². The van der Waals surface area contributed by atoms with Gasteiger partial charge in [0.2, 0.25) is 5.96 Å². The average Bonchev–Trinajstić information content (AvgIpc) is 2.26. The zero-order valence-electron chi connectivity index (χ0n) is 8.28. The van der Waals surface area contributed by atoms with Crippen LogP contribution in [0.25, 0.3) is 0 Å². The van der Waals surface area contributed by atoms with Crippen LogP contribution in [0.1, 0.15) is 10.4 Å². The van der Waals surface area contributed by atoms with Crippen molar-refractivity contribution in [2.24, 2.45) is 5.73 Å². The molecule has 0 atom stereocenters. The number of nitrogens with one attached hydrogen (secondary N) is 4. The molecule has 7 nitrogen and oxygen atoms in total.